The number of rotatable bonds is 8. The number of hydrogen-bond acceptors (Lipinski definition) is 5. The SMILES string of the molecule is CN1CCN(Cc2ccc(C(=O)c3ccc(CN4CCN(C)CC4)cc3C3CC3)c(C3CC3)c2)CC1. The van der Waals surface area contributed by atoms with E-state index in [1.807, 2.05) is 0 Å². The van der Waals surface area contributed by atoms with Crippen molar-refractivity contribution in [2.75, 3.05) is 66.5 Å². The lowest BCUT2D eigenvalue weighted by atomic mass is 9.89. The number of nitrogens with zero attached hydrogens (tertiary/aromatic N) is 4. The predicted molar refractivity (Wildman–Crippen MR) is 146 cm³/mol. The normalized spacial score (nSPS) is 22.7. The highest BCUT2D eigenvalue weighted by Gasteiger charge is 2.32. The van der Waals surface area contributed by atoms with Crippen LogP contribution in [0.2, 0.25) is 0 Å². The standard InChI is InChI=1S/C31H42N4O/c1-32-11-15-34(16-12-32)21-23-3-9-27(29(19-23)25-5-6-25)31(36)28-10-4-24(20-30(28)26-7-8-26)22-35-17-13-33(2)14-18-35/h3-4,9-10,19-20,25-26H,5-8,11-18,21-22H2,1-2H3. The Labute approximate surface area is 217 Å². The van der Waals surface area contributed by atoms with Crippen LogP contribution in [0, 0.1) is 0 Å². The number of benzene rings is 2. The van der Waals surface area contributed by atoms with E-state index in [0.29, 0.717) is 11.8 Å². The first-order valence-corrected chi connectivity index (χ1v) is 14.2. The van der Waals surface area contributed by atoms with Crippen LogP contribution in [-0.4, -0.2) is 91.8 Å². The first-order chi connectivity index (χ1) is 17.5. The van der Waals surface area contributed by atoms with Crippen molar-refractivity contribution in [3.05, 3.63) is 69.8 Å². The lowest BCUT2D eigenvalue weighted by Gasteiger charge is -2.32. The van der Waals surface area contributed by atoms with E-state index >= 15 is 0 Å². The molecule has 2 saturated carbocycles. The molecule has 0 amide bonds. The molecule has 0 N–H and O–H groups in total. The van der Waals surface area contributed by atoms with Crippen LogP contribution in [0.3, 0.4) is 0 Å². The second-order valence-electron chi connectivity index (χ2n) is 11.9. The van der Waals surface area contributed by atoms with Crippen molar-refractivity contribution in [1.82, 2.24) is 19.6 Å². The molecular weight excluding hydrogens is 444 g/mol. The molecular formula is C31H42N4O. The van der Waals surface area contributed by atoms with Gasteiger partial charge in [-0.1, -0.05) is 36.4 Å². The van der Waals surface area contributed by atoms with Crippen LogP contribution in [0.4, 0.5) is 0 Å². The van der Waals surface area contributed by atoms with Crippen molar-refractivity contribution >= 4 is 5.78 Å². The number of ketones is 1. The van der Waals surface area contributed by atoms with Gasteiger partial charge in [0, 0.05) is 76.6 Å². The summed E-state index contributed by atoms with van der Waals surface area (Å²) in [5, 5.41) is 0. The number of hydrogen-bond donors (Lipinski definition) is 0. The maximum absolute atomic E-state index is 14.0. The molecule has 6 rings (SSSR count). The summed E-state index contributed by atoms with van der Waals surface area (Å²) in [4.78, 5) is 23.9. The van der Waals surface area contributed by atoms with Gasteiger partial charge < -0.3 is 9.80 Å². The Morgan fingerprint density at radius 2 is 1.03 bits per heavy atom. The molecule has 5 heteroatoms. The summed E-state index contributed by atoms with van der Waals surface area (Å²) in [6, 6.07) is 13.5. The van der Waals surface area contributed by atoms with Crippen molar-refractivity contribution in [3.8, 4) is 0 Å². The summed E-state index contributed by atoms with van der Waals surface area (Å²) in [5.74, 6) is 1.38. The minimum Gasteiger partial charge on any atom is -0.304 e. The fourth-order valence-electron chi connectivity index (χ4n) is 5.97. The fraction of sp³-hybridized carbons (Fsp3) is 0.581. The molecule has 4 aliphatic rings. The topological polar surface area (TPSA) is 30.0 Å². The first kappa shape index (κ1) is 24.3. The molecule has 5 nitrogen and oxygen atoms in total. The van der Waals surface area contributed by atoms with Crippen molar-refractivity contribution in [2.24, 2.45) is 0 Å². The second-order valence-corrected chi connectivity index (χ2v) is 11.9. The number of carbonyl (C=O) groups is 1. The quantitative estimate of drug-likeness (QED) is 0.523. The van der Waals surface area contributed by atoms with E-state index in [4.69, 9.17) is 0 Å². The van der Waals surface area contributed by atoms with Crippen LogP contribution in [0.5, 0.6) is 0 Å². The van der Waals surface area contributed by atoms with Crippen LogP contribution >= 0.6 is 0 Å². The van der Waals surface area contributed by atoms with E-state index in [-0.39, 0.29) is 5.78 Å². The fourth-order valence-corrected chi connectivity index (χ4v) is 5.97. The Morgan fingerprint density at radius 1 is 0.639 bits per heavy atom. The highest BCUT2D eigenvalue weighted by atomic mass is 16.1. The summed E-state index contributed by atoms with van der Waals surface area (Å²) < 4.78 is 0. The van der Waals surface area contributed by atoms with Crippen LogP contribution in [0.1, 0.15) is 75.7 Å². The molecule has 4 fully saturated rings. The Morgan fingerprint density at radius 3 is 1.39 bits per heavy atom. The highest BCUT2D eigenvalue weighted by Crippen LogP contribution is 2.45. The maximum atomic E-state index is 14.0. The minimum absolute atomic E-state index is 0.246. The Bertz CT molecular complexity index is 1000. The van der Waals surface area contributed by atoms with Gasteiger partial charge in [0.2, 0.25) is 0 Å². The van der Waals surface area contributed by atoms with Crippen molar-refractivity contribution in [2.45, 2.75) is 50.6 Å². The number of piperazine rings is 2. The molecule has 0 bridgehead atoms. The van der Waals surface area contributed by atoms with Gasteiger partial charge in [-0.25, -0.2) is 0 Å². The van der Waals surface area contributed by atoms with E-state index in [1.165, 1.54) is 47.9 Å². The van der Waals surface area contributed by atoms with Gasteiger partial charge in [-0.05, 0) is 73.9 Å². The van der Waals surface area contributed by atoms with Crippen LogP contribution in [0.15, 0.2) is 36.4 Å². The maximum Gasteiger partial charge on any atom is 0.193 e. The molecule has 2 heterocycles. The molecule has 0 unspecified atom stereocenters. The Hall–Kier alpha value is -2.05. The third kappa shape index (κ3) is 5.60. The average molecular weight is 487 g/mol. The van der Waals surface area contributed by atoms with Crippen LogP contribution < -0.4 is 0 Å². The molecule has 0 aromatic heterocycles. The zero-order chi connectivity index (χ0) is 24.6. The molecule has 2 saturated heterocycles. The zero-order valence-electron chi connectivity index (χ0n) is 22.2. The lowest BCUT2D eigenvalue weighted by Crippen LogP contribution is -2.43. The van der Waals surface area contributed by atoms with E-state index < -0.39 is 0 Å². The molecule has 0 spiro atoms. The summed E-state index contributed by atoms with van der Waals surface area (Å²) in [6.07, 6.45) is 4.88. The van der Waals surface area contributed by atoms with Gasteiger partial charge in [0.25, 0.3) is 0 Å². The largest absolute Gasteiger partial charge is 0.304 e. The van der Waals surface area contributed by atoms with E-state index in [1.54, 1.807) is 0 Å². The summed E-state index contributed by atoms with van der Waals surface area (Å²) >= 11 is 0. The first-order valence-electron chi connectivity index (χ1n) is 14.2. The molecule has 0 atom stereocenters. The van der Waals surface area contributed by atoms with Gasteiger partial charge in [0.05, 0.1) is 0 Å². The average Bonchev–Trinajstić information content (AvgIpc) is 3.80. The summed E-state index contributed by atoms with van der Waals surface area (Å²) in [5.41, 5.74) is 7.23. The molecule has 192 valence electrons. The van der Waals surface area contributed by atoms with Gasteiger partial charge >= 0.3 is 0 Å². The molecule has 0 radical (unpaired) electrons. The molecule has 2 aliphatic carbocycles. The van der Waals surface area contributed by atoms with Gasteiger partial charge in [-0.15, -0.1) is 0 Å². The lowest BCUT2D eigenvalue weighted by molar-refractivity contribution is 0.103. The third-order valence-corrected chi connectivity index (χ3v) is 8.76. The van der Waals surface area contributed by atoms with Gasteiger partial charge in [0.15, 0.2) is 5.78 Å². The van der Waals surface area contributed by atoms with Crippen molar-refractivity contribution < 1.29 is 4.79 Å². The van der Waals surface area contributed by atoms with Crippen molar-refractivity contribution in [3.63, 3.8) is 0 Å². The van der Waals surface area contributed by atoms with Crippen molar-refractivity contribution in [1.29, 1.82) is 0 Å². The molecule has 2 aliphatic heterocycles. The van der Waals surface area contributed by atoms with Gasteiger partial charge in [-0.3, -0.25) is 14.6 Å². The third-order valence-electron chi connectivity index (χ3n) is 8.76. The molecule has 36 heavy (non-hydrogen) atoms. The minimum atomic E-state index is 0.246. The van der Waals surface area contributed by atoms with Gasteiger partial charge in [-0.2, -0.15) is 0 Å². The van der Waals surface area contributed by atoms with E-state index in [9.17, 15) is 4.79 Å². The van der Waals surface area contributed by atoms with Crippen LogP contribution in [-0.2, 0) is 13.1 Å². The highest BCUT2D eigenvalue weighted by molar-refractivity contribution is 6.11. The number of likely N-dealkylation sites (N-methyl/N-ethyl adjacent to an activating group) is 2. The molecule has 2 aromatic rings. The zero-order valence-corrected chi connectivity index (χ0v) is 22.2. The monoisotopic (exact) mass is 486 g/mol. The summed E-state index contributed by atoms with van der Waals surface area (Å²) in [6.45, 7) is 11.1. The second kappa shape index (κ2) is 10.4. The summed E-state index contributed by atoms with van der Waals surface area (Å²) in [7, 11) is 4.41. The van der Waals surface area contributed by atoms with E-state index in [0.717, 1.165) is 76.6 Å². The van der Waals surface area contributed by atoms with Gasteiger partial charge in [0.1, 0.15) is 0 Å². The Balaban J connectivity index is 1.22. The van der Waals surface area contributed by atoms with E-state index in [2.05, 4.69) is 70.1 Å². The van der Waals surface area contributed by atoms with Crippen LogP contribution in [0.25, 0.3) is 0 Å². The predicted octanol–water partition coefficient (Wildman–Crippen LogP) is 4.17. The molecule has 2 aromatic carbocycles. The Kier molecular flexibility index (Phi) is 7.00. The number of carbonyl (C=O) groups excluding carboxylic acids is 1. The smallest absolute Gasteiger partial charge is 0.193 e.